The van der Waals surface area contributed by atoms with Gasteiger partial charge in [0.1, 0.15) is 23.9 Å². The van der Waals surface area contributed by atoms with E-state index in [9.17, 15) is 18.4 Å². The first-order valence-corrected chi connectivity index (χ1v) is 10.2. The largest absolute Gasteiger partial charge is 0.497 e. The number of hydrogen-bond donors (Lipinski definition) is 2. The monoisotopic (exact) mass is 449 g/mol. The zero-order valence-electron chi connectivity index (χ0n) is 17.8. The lowest BCUT2D eigenvalue weighted by molar-refractivity contribution is -0.116. The minimum absolute atomic E-state index is 0.241. The molecule has 0 saturated carbocycles. The van der Waals surface area contributed by atoms with E-state index in [1.807, 2.05) is 30.3 Å². The van der Waals surface area contributed by atoms with Crippen molar-refractivity contribution in [2.45, 2.75) is 13.1 Å². The first-order valence-electron chi connectivity index (χ1n) is 10.2. The Kier molecular flexibility index (Phi) is 6.35. The van der Waals surface area contributed by atoms with E-state index in [0.29, 0.717) is 16.8 Å². The van der Waals surface area contributed by atoms with Crippen LogP contribution in [0.2, 0.25) is 0 Å². The number of amides is 1. The van der Waals surface area contributed by atoms with E-state index in [-0.39, 0.29) is 17.8 Å². The van der Waals surface area contributed by atoms with Crippen molar-refractivity contribution < 1.29 is 18.3 Å². The van der Waals surface area contributed by atoms with E-state index in [2.05, 4.69) is 10.6 Å². The highest BCUT2D eigenvalue weighted by atomic mass is 19.1. The molecule has 0 spiro atoms. The summed E-state index contributed by atoms with van der Waals surface area (Å²) >= 11 is 0. The highest BCUT2D eigenvalue weighted by Crippen LogP contribution is 2.22. The maximum absolute atomic E-state index is 14.0. The molecule has 0 radical (unpaired) electrons. The Morgan fingerprint density at radius 1 is 1.00 bits per heavy atom. The van der Waals surface area contributed by atoms with E-state index >= 15 is 0 Å². The van der Waals surface area contributed by atoms with Gasteiger partial charge in [-0.3, -0.25) is 14.2 Å². The Morgan fingerprint density at radius 3 is 2.55 bits per heavy atom. The number of nitrogens with zero attached hydrogens (tertiary/aromatic N) is 1. The second kappa shape index (κ2) is 9.52. The van der Waals surface area contributed by atoms with Crippen LogP contribution >= 0.6 is 0 Å². The maximum Gasteiger partial charge on any atom is 0.256 e. The molecule has 6 nitrogen and oxygen atoms in total. The van der Waals surface area contributed by atoms with Crippen LogP contribution in [0, 0.1) is 11.6 Å². The summed E-state index contributed by atoms with van der Waals surface area (Å²) in [4.78, 5) is 26.0. The van der Waals surface area contributed by atoms with Crippen LogP contribution in [0.1, 0.15) is 5.56 Å². The molecule has 1 aromatic heterocycles. The standard InChI is InChI=1S/C25H21F2N3O3/c1-33-20-9-7-16-11-17(14-28-19-5-3-2-4-6-19)25(32)30(23(16)13-20)15-24(31)29-22-12-18(26)8-10-21(22)27/h2-13,28H,14-15H2,1H3,(H,29,31). The number of benzene rings is 3. The molecule has 0 aliphatic rings. The maximum atomic E-state index is 14.0. The molecule has 0 atom stereocenters. The molecule has 0 fully saturated rings. The fourth-order valence-electron chi connectivity index (χ4n) is 3.50. The Labute approximate surface area is 188 Å². The van der Waals surface area contributed by atoms with Crippen molar-refractivity contribution in [2.24, 2.45) is 0 Å². The van der Waals surface area contributed by atoms with Crippen LogP contribution in [0.15, 0.2) is 77.6 Å². The predicted octanol–water partition coefficient (Wildman–Crippen LogP) is 4.54. The molecule has 1 amide bonds. The van der Waals surface area contributed by atoms with Crippen molar-refractivity contribution in [3.05, 3.63) is 100 Å². The molecule has 1 heterocycles. The number of anilines is 2. The summed E-state index contributed by atoms with van der Waals surface area (Å²) in [6, 6.07) is 19.1. The molecule has 4 rings (SSSR count). The molecule has 168 valence electrons. The number of pyridine rings is 1. The second-order valence-corrected chi connectivity index (χ2v) is 7.38. The van der Waals surface area contributed by atoms with Gasteiger partial charge < -0.3 is 15.4 Å². The molecular formula is C25H21F2N3O3. The molecule has 2 N–H and O–H groups in total. The number of halogens is 2. The summed E-state index contributed by atoms with van der Waals surface area (Å²) in [6.07, 6.45) is 0. The number of ether oxygens (including phenoxy) is 1. The smallest absolute Gasteiger partial charge is 0.256 e. The minimum atomic E-state index is -0.774. The van der Waals surface area contributed by atoms with Crippen molar-refractivity contribution in [3.63, 3.8) is 0 Å². The van der Waals surface area contributed by atoms with E-state index in [1.165, 1.54) is 11.7 Å². The number of para-hydroxylation sites is 1. The number of carbonyl (C=O) groups excluding carboxylic acids is 1. The van der Waals surface area contributed by atoms with Gasteiger partial charge in [-0.05, 0) is 47.9 Å². The Morgan fingerprint density at radius 2 is 1.79 bits per heavy atom. The number of aromatic nitrogens is 1. The normalized spacial score (nSPS) is 10.8. The van der Waals surface area contributed by atoms with Gasteiger partial charge in [-0.2, -0.15) is 0 Å². The van der Waals surface area contributed by atoms with Gasteiger partial charge in [0.2, 0.25) is 5.91 Å². The number of carbonyl (C=O) groups is 1. The Balaban J connectivity index is 1.69. The van der Waals surface area contributed by atoms with E-state index in [0.717, 1.165) is 29.3 Å². The third-order valence-corrected chi connectivity index (χ3v) is 5.14. The zero-order chi connectivity index (χ0) is 23.4. The highest BCUT2D eigenvalue weighted by Gasteiger charge is 2.15. The molecule has 0 unspecified atom stereocenters. The van der Waals surface area contributed by atoms with Gasteiger partial charge in [-0.15, -0.1) is 0 Å². The number of hydrogen-bond acceptors (Lipinski definition) is 4. The van der Waals surface area contributed by atoms with Crippen LogP contribution in [-0.2, 0) is 17.9 Å². The Bertz CT molecular complexity index is 1370. The van der Waals surface area contributed by atoms with Crippen LogP contribution in [-0.4, -0.2) is 17.6 Å². The lowest BCUT2D eigenvalue weighted by Crippen LogP contribution is -2.31. The summed E-state index contributed by atoms with van der Waals surface area (Å²) < 4.78 is 34.0. The molecule has 4 aromatic rings. The van der Waals surface area contributed by atoms with E-state index < -0.39 is 24.1 Å². The molecule has 0 aliphatic carbocycles. The fraction of sp³-hybridized carbons (Fsp3) is 0.120. The highest BCUT2D eigenvalue weighted by molar-refractivity contribution is 5.92. The van der Waals surface area contributed by atoms with Gasteiger partial charge in [0.25, 0.3) is 5.56 Å². The van der Waals surface area contributed by atoms with Gasteiger partial charge in [-0.25, -0.2) is 8.78 Å². The first-order chi connectivity index (χ1) is 15.9. The van der Waals surface area contributed by atoms with Gasteiger partial charge in [-0.1, -0.05) is 18.2 Å². The first kappa shape index (κ1) is 22.0. The summed E-state index contributed by atoms with van der Waals surface area (Å²) in [6.45, 7) is -0.150. The van der Waals surface area contributed by atoms with Crippen molar-refractivity contribution in [3.8, 4) is 5.75 Å². The van der Waals surface area contributed by atoms with Gasteiger partial charge in [0, 0.05) is 29.9 Å². The number of nitrogens with one attached hydrogen (secondary N) is 2. The predicted molar refractivity (Wildman–Crippen MR) is 124 cm³/mol. The molecule has 0 saturated heterocycles. The zero-order valence-corrected chi connectivity index (χ0v) is 17.8. The van der Waals surface area contributed by atoms with Crippen molar-refractivity contribution in [2.75, 3.05) is 17.7 Å². The third kappa shape index (κ3) is 5.01. The lowest BCUT2D eigenvalue weighted by Gasteiger charge is -2.15. The van der Waals surface area contributed by atoms with Crippen LogP contribution in [0.4, 0.5) is 20.2 Å². The van der Waals surface area contributed by atoms with E-state index in [4.69, 9.17) is 4.74 Å². The number of fused-ring (bicyclic) bond motifs is 1. The number of rotatable bonds is 7. The van der Waals surface area contributed by atoms with Gasteiger partial charge >= 0.3 is 0 Å². The average Bonchev–Trinajstić information content (AvgIpc) is 2.82. The van der Waals surface area contributed by atoms with Crippen LogP contribution in [0.5, 0.6) is 5.75 Å². The van der Waals surface area contributed by atoms with Gasteiger partial charge in [0.15, 0.2) is 0 Å². The minimum Gasteiger partial charge on any atom is -0.497 e. The van der Waals surface area contributed by atoms with Crippen LogP contribution in [0.3, 0.4) is 0 Å². The molecule has 33 heavy (non-hydrogen) atoms. The summed E-state index contributed by atoms with van der Waals surface area (Å²) in [5.74, 6) is -1.61. The van der Waals surface area contributed by atoms with E-state index in [1.54, 1.807) is 24.3 Å². The summed E-state index contributed by atoms with van der Waals surface area (Å²) in [5.41, 5.74) is 1.10. The van der Waals surface area contributed by atoms with Crippen LogP contribution in [0.25, 0.3) is 10.9 Å². The van der Waals surface area contributed by atoms with Crippen molar-refractivity contribution >= 4 is 28.2 Å². The SMILES string of the molecule is COc1ccc2cc(CNc3ccccc3)c(=O)n(CC(=O)Nc3cc(F)ccc3F)c2c1. The van der Waals surface area contributed by atoms with Crippen molar-refractivity contribution in [1.82, 2.24) is 4.57 Å². The quantitative estimate of drug-likeness (QED) is 0.435. The molecule has 0 bridgehead atoms. The molecule has 3 aromatic carbocycles. The Hall–Kier alpha value is -4.20. The molecule has 0 aliphatic heterocycles. The topological polar surface area (TPSA) is 72.4 Å². The summed E-state index contributed by atoms with van der Waals surface area (Å²) in [5, 5.41) is 6.26. The molecular weight excluding hydrogens is 428 g/mol. The van der Waals surface area contributed by atoms with Gasteiger partial charge in [0.05, 0.1) is 18.3 Å². The molecule has 8 heteroatoms. The lowest BCUT2D eigenvalue weighted by atomic mass is 10.1. The average molecular weight is 449 g/mol. The second-order valence-electron chi connectivity index (χ2n) is 7.38. The summed E-state index contributed by atoms with van der Waals surface area (Å²) in [7, 11) is 1.50. The number of methoxy groups -OCH3 is 1. The third-order valence-electron chi connectivity index (χ3n) is 5.14. The van der Waals surface area contributed by atoms with Crippen molar-refractivity contribution in [1.29, 1.82) is 0 Å². The fourth-order valence-corrected chi connectivity index (χ4v) is 3.50. The van der Waals surface area contributed by atoms with Crippen LogP contribution < -0.4 is 20.9 Å².